The third-order valence-electron chi connectivity index (χ3n) is 3.86. The summed E-state index contributed by atoms with van der Waals surface area (Å²) in [4.78, 5) is 17.3. The summed E-state index contributed by atoms with van der Waals surface area (Å²) in [5.74, 6) is 0.690. The first kappa shape index (κ1) is 13.5. The van der Waals surface area contributed by atoms with E-state index < -0.39 is 0 Å². The SMILES string of the molecule is O=Cc1cc(O)ccc1C1CCN(c2ccc(F)cn2)C1. The number of halogens is 1. The highest BCUT2D eigenvalue weighted by Gasteiger charge is 2.26. The van der Waals surface area contributed by atoms with E-state index in [1.807, 2.05) is 0 Å². The Morgan fingerprint density at radius 3 is 2.90 bits per heavy atom. The molecular formula is C16H15FN2O2. The molecule has 1 aromatic heterocycles. The second kappa shape index (κ2) is 5.52. The van der Waals surface area contributed by atoms with Crippen LogP contribution in [0.3, 0.4) is 0 Å². The van der Waals surface area contributed by atoms with Crippen LogP contribution in [-0.2, 0) is 0 Å². The van der Waals surface area contributed by atoms with E-state index in [1.165, 1.54) is 18.3 Å². The standard InChI is InChI=1S/C16H15FN2O2/c17-13-1-4-16(18-8-13)19-6-5-11(9-19)15-3-2-14(21)7-12(15)10-20/h1-4,7-8,10-11,21H,5-6,9H2. The second-order valence-corrected chi connectivity index (χ2v) is 5.20. The van der Waals surface area contributed by atoms with Crippen molar-refractivity contribution in [3.8, 4) is 5.75 Å². The minimum absolute atomic E-state index is 0.0934. The molecule has 2 heterocycles. The normalized spacial score (nSPS) is 18.0. The van der Waals surface area contributed by atoms with Gasteiger partial charge in [0.25, 0.3) is 0 Å². The van der Waals surface area contributed by atoms with Crippen molar-refractivity contribution in [2.24, 2.45) is 0 Å². The van der Waals surface area contributed by atoms with Gasteiger partial charge in [-0.2, -0.15) is 0 Å². The van der Waals surface area contributed by atoms with Gasteiger partial charge in [0.15, 0.2) is 0 Å². The Morgan fingerprint density at radius 2 is 2.19 bits per heavy atom. The highest BCUT2D eigenvalue weighted by atomic mass is 19.1. The summed E-state index contributed by atoms with van der Waals surface area (Å²) in [7, 11) is 0. The van der Waals surface area contributed by atoms with Gasteiger partial charge in [0.05, 0.1) is 6.20 Å². The van der Waals surface area contributed by atoms with Crippen molar-refractivity contribution in [1.82, 2.24) is 4.98 Å². The minimum Gasteiger partial charge on any atom is -0.508 e. The molecular weight excluding hydrogens is 271 g/mol. The van der Waals surface area contributed by atoms with Crippen LogP contribution in [0.4, 0.5) is 10.2 Å². The molecule has 2 aromatic rings. The van der Waals surface area contributed by atoms with Crippen LogP contribution in [0.15, 0.2) is 36.5 Å². The molecule has 1 saturated heterocycles. The van der Waals surface area contributed by atoms with E-state index >= 15 is 0 Å². The summed E-state index contributed by atoms with van der Waals surface area (Å²) in [6, 6.07) is 7.94. The molecule has 0 aliphatic carbocycles. The van der Waals surface area contributed by atoms with Crippen LogP contribution in [0.2, 0.25) is 0 Å². The van der Waals surface area contributed by atoms with E-state index in [2.05, 4.69) is 9.88 Å². The van der Waals surface area contributed by atoms with Gasteiger partial charge >= 0.3 is 0 Å². The van der Waals surface area contributed by atoms with Gasteiger partial charge in [0, 0.05) is 24.6 Å². The van der Waals surface area contributed by atoms with Crippen LogP contribution in [-0.4, -0.2) is 29.5 Å². The van der Waals surface area contributed by atoms with Crippen LogP contribution in [0.25, 0.3) is 0 Å². The van der Waals surface area contributed by atoms with Crippen molar-refractivity contribution in [3.05, 3.63) is 53.5 Å². The lowest BCUT2D eigenvalue weighted by atomic mass is 9.94. The van der Waals surface area contributed by atoms with Crippen LogP contribution in [0, 0.1) is 5.82 Å². The molecule has 3 rings (SSSR count). The summed E-state index contributed by atoms with van der Waals surface area (Å²) in [6.07, 6.45) is 2.87. The van der Waals surface area contributed by atoms with E-state index in [0.29, 0.717) is 5.56 Å². The fraction of sp³-hybridized carbons (Fsp3) is 0.250. The Labute approximate surface area is 121 Å². The molecule has 1 aromatic carbocycles. The van der Waals surface area contributed by atoms with Gasteiger partial charge in [0.2, 0.25) is 0 Å². The monoisotopic (exact) mass is 286 g/mol. The number of hydrogen-bond donors (Lipinski definition) is 1. The minimum atomic E-state index is -0.351. The van der Waals surface area contributed by atoms with E-state index in [9.17, 15) is 14.3 Å². The molecule has 1 fully saturated rings. The van der Waals surface area contributed by atoms with E-state index in [1.54, 1.807) is 18.2 Å². The van der Waals surface area contributed by atoms with Gasteiger partial charge in [-0.15, -0.1) is 0 Å². The Balaban J connectivity index is 1.81. The maximum atomic E-state index is 12.9. The van der Waals surface area contributed by atoms with Crippen molar-refractivity contribution in [3.63, 3.8) is 0 Å². The van der Waals surface area contributed by atoms with Gasteiger partial charge in [0.1, 0.15) is 23.7 Å². The van der Waals surface area contributed by atoms with Gasteiger partial charge in [-0.25, -0.2) is 9.37 Å². The summed E-state index contributed by atoms with van der Waals surface area (Å²) in [6.45, 7) is 1.53. The first-order valence-electron chi connectivity index (χ1n) is 6.82. The summed E-state index contributed by atoms with van der Waals surface area (Å²) in [5.41, 5.74) is 1.46. The van der Waals surface area contributed by atoms with E-state index in [0.717, 1.165) is 37.2 Å². The molecule has 1 atom stereocenters. The summed E-state index contributed by atoms with van der Waals surface area (Å²) >= 11 is 0. The Bertz CT molecular complexity index is 658. The van der Waals surface area contributed by atoms with Gasteiger partial charge < -0.3 is 10.0 Å². The number of nitrogens with zero attached hydrogens (tertiary/aromatic N) is 2. The molecule has 0 spiro atoms. The number of carbonyl (C=O) groups excluding carboxylic acids is 1. The molecule has 0 radical (unpaired) electrons. The maximum Gasteiger partial charge on any atom is 0.150 e. The zero-order valence-electron chi connectivity index (χ0n) is 11.4. The molecule has 0 amide bonds. The van der Waals surface area contributed by atoms with Crippen molar-refractivity contribution < 1.29 is 14.3 Å². The van der Waals surface area contributed by atoms with Crippen molar-refractivity contribution >= 4 is 12.1 Å². The number of phenols is 1. The number of carbonyl (C=O) groups is 1. The molecule has 1 unspecified atom stereocenters. The van der Waals surface area contributed by atoms with Crippen LogP contribution in [0.1, 0.15) is 28.3 Å². The third kappa shape index (κ3) is 2.72. The molecule has 1 aliphatic heterocycles. The van der Waals surface area contributed by atoms with E-state index in [4.69, 9.17) is 0 Å². The largest absolute Gasteiger partial charge is 0.508 e. The number of hydrogen-bond acceptors (Lipinski definition) is 4. The first-order chi connectivity index (χ1) is 10.2. The second-order valence-electron chi connectivity index (χ2n) is 5.20. The lowest BCUT2D eigenvalue weighted by Gasteiger charge is -2.18. The van der Waals surface area contributed by atoms with Crippen molar-refractivity contribution in [2.45, 2.75) is 12.3 Å². The smallest absolute Gasteiger partial charge is 0.150 e. The Morgan fingerprint density at radius 1 is 1.33 bits per heavy atom. The Hall–Kier alpha value is -2.43. The average molecular weight is 286 g/mol. The molecule has 21 heavy (non-hydrogen) atoms. The zero-order chi connectivity index (χ0) is 14.8. The molecule has 1 aliphatic rings. The van der Waals surface area contributed by atoms with Crippen molar-refractivity contribution in [1.29, 1.82) is 0 Å². The predicted octanol–water partition coefficient (Wildman–Crippen LogP) is 2.73. The first-order valence-corrected chi connectivity index (χ1v) is 6.82. The number of aromatic nitrogens is 1. The number of aromatic hydroxyl groups is 1. The molecule has 1 N–H and O–H groups in total. The number of phenolic OH excluding ortho intramolecular Hbond substituents is 1. The molecule has 0 bridgehead atoms. The lowest BCUT2D eigenvalue weighted by molar-refractivity contribution is 0.112. The van der Waals surface area contributed by atoms with Gasteiger partial charge in [-0.05, 0) is 36.2 Å². The van der Waals surface area contributed by atoms with Gasteiger partial charge in [-0.3, -0.25) is 4.79 Å². The highest BCUT2D eigenvalue weighted by molar-refractivity contribution is 5.78. The average Bonchev–Trinajstić information content (AvgIpc) is 2.97. The number of anilines is 1. The Kier molecular flexibility index (Phi) is 3.56. The topological polar surface area (TPSA) is 53.4 Å². The number of rotatable bonds is 3. The predicted molar refractivity (Wildman–Crippen MR) is 77.3 cm³/mol. The fourth-order valence-corrected chi connectivity index (χ4v) is 2.81. The van der Waals surface area contributed by atoms with Crippen LogP contribution < -0.4 is 4.90 Å². The number of aldehydes is 1. The number of benzene rings is 1. The van der Waals surface area contributed by atoms with Crippen LogP contribution >= 0.6 is 0 Å². The third-order valence-corrected chi connectivity index (χ3v) is 3.86. The summed E-state index contributed by atoms with van der Waals surface area (Å²) in [5, 5.41) is 9.45. The summed E-state index contributed by atoms with van der Waals surface area (Å²) < 4.78 is 12.9. The van der Waals surface area contributed by atoms with E-state index in [-0.39, 0.29) is 17.5 Å². The molecule has 5 heteroatoms. The van der Waals surface area contributed by atoms with Crippen molar-refractivity contribution in [2.75, 3.05) is 18.0 Å². The van der Waals surface area contributed by atoms with Crippen LogP contribution in [0.5, 0.6) is 5.75 Å². The highest BCUT2D eigenvalue weighted by Crippen LogP contribution is 2.32. The quantitative estimate of drug-likeness (QED) is 0.881. The molecule has 0 saturated carbocycles. The number of pyridine rings is 1. The molecule has 108 valence electrons. The fourth-order valence-electron chi connectivity index (χ4n) is 2.81. The lowest BCUT2D eigenvalue weighted by Crippen LogP contribution is -2.20. The zero-order valence-corrected chi connectivity index (χ0v) is 11.4. The van der Waals surface area contributed by atoms with Gasteiger partial charge in [-0.1, -0.05) is 6.07 Å². The maximum absolute atomic E-state index is 12.9. The molecule has 4 nitrogen and oxygen atoms in total.